The first kappa shape index (κ1) is 20.7. The standard InChI is InChI=1S/C26H26N2O3/c1-2-31-23-11-7-10-21(18-23)25(29)27-22-15-13-20(14-16-22)26(30)28-17-6-5-9-19-8-3-4-12-24(19)28/h3-4,7-8,10-16,18H,2,5-6,9,17H2,1H3,(H,27,29). The first-order valence-corrected chi connectivity index (χ1v) is 10.7. The summed E-state index contributed by atoms with van der Waals surface area (Å²) >= 11 is 0. The Labute approximate surface area is 182 Å². The second-order valence-electron chi connectivity index (χ2n) is 7.53. The first-order chi connectivity index (χ1) is 15.2. The number of aryl methyl sites for hydroxylation is 1. The molecule has 0 fully saturated rings. The highest BCUT2D eigenvalue weighted by molar-refractivity contribution is 6.07. The molecule has 0 radical (unpaired) electrons. The van der Waals surface area contributed by atoms with Crippen LogP contribution in [0.3, 0.4) is 0 Å². The Kier molecular flexibility index (Phi) is 6.32. The van der Waals surface area contributed by atoms with Crippen molar-refractivity contribution in [1.82, 2.24) is 0 Å². The molecule has 3 aromatic carbocycles. The molecular formula is C26H26N2O3. The normalized spacial score (nSPS) is 13.1. The molecule has 0 saturated carbocycles. The number of carbonyl (C=O) groups is 2. The smallest absolute Gasteiger partial charge is 0.258 e. The number of hydrogen-bond donors (Lipinski definition) is 1. The zero-order valence-electron chi connectivity index (χ0n) is 17.6. The third-order valence-corrected chi connectivity index (χ3v) is 5.40. The second-order valence-corrected chi connectivity index (χ2v) is 7.53. The third kappa shape index (κ3) is 4.77. The number of carbonyl (C=O) groups excluding carboxylic acids is 2. The van der Waals surface area contributed by atoms with Gasteiger partial charge in [-0.3, -0.25) is 9.59 Å². The molecular weight excluding hydrogens is 388 g/mol. The molecule has 0 aliphatic carbocycles. The molecule has 3 aromatic rings. The molecule has 5 nitrogen and oxygen atoms in total. The van der Waals surface area contributed by atoms with Crippen LogP contribution in [0.1, 0.15) is 46.0 Å². The number of rotatable bonds is 5. The predicted molar refractivity (Wildman–Crippen MR) is 123 cm³/mol. The van der Waals surface area contributed by atoms with E-state index in [1.807, 2.05) is 36.1 Å². The fourth-order valence-electron chi connectivity index (χ4n) is 3.85. The lowest BCUT2D eigenvalue weighted by atomic mass is 10.1. The fraction of sp³-hybridized carbons (Fsp3) is 0.231. The lowest BCUT2D eigenvalue weighted by Crippen LogP contribution is -2.31. The van der Waals surface area contributed by atoms with Crippen molar-refractivity contribution in [1.29, 1.82) is 0 Å². The van der Waals surface area contributed by atoms with Crippen LogP contribution in [0.15, 0.2) is 72.8 Å². The van der Waals surface area contributed by atoms with Crippen molar-refractivity contribution in [3.8, 4) is 5.75 Å². The average Bonchev–Trinajstić information content (AvgIpc) is 3.02. The van der Waals surface area contributed by atoms with Crippen LogP contribution >= 0.6 is 0 Å². The van der Waals surface area contributed by atoms with Crippen molar-refractivity contribution in [2.24, 2.45) is 0 Å². The first-order valence-electron chi connectivity index (χ1n) is 10.7. The highest BCUT2D eigenvalue weighted by Crippen LogP contribution is 2.28. The molecule has 1 aliphatic heterocycles. The van der Waals surface area contributed by atoms with E-state index in [9.17, 15) is 9.59 Å². The largest absolute Gasteiger partial charge is 0.494 e. The van der Waals surface area contributed by atoms with Crippen LogP contribution in [0.2, 0.25) is 0 Å². The van der Waals surface area contributed by atoms with Crippen molar-refractivity contribution >= 4 is 23.2 Å². The molecule has 0 aromatic heterocycles. The van der Waals surface area contributed by atoms with Crippen LogP contribution in [-0.2, 0) is 6.42 Å². The van der Waals surface area contributed by atoms with Gasteiger partial charge in [-0.05, 0) is 80.3 Å². The highest BCUT2D eigenvalue weighted by Gasteiger charge is 2.22. The molecule has 4 rings (SSSR count). The van der Waals surface area contributed by atoms with Crippen LogP contribution < -0.4 is 15.0 Å². The zero-order chi connectivity index (χ0) is 21.6. The second kappa shape index (κ2) is 9.47. The summed E-state index contributed by atoms with van der Waals surface area (Å²) in [5, 5.41) is 2.88. The molecule has 0 unspecified atom stereocenters. The number of hydrogen-bond acceptors (Lipinski definition) is 3. The number of nitrogens with zero attached hydrogens (tertiary/aromatic N) is 1. The van der Waals surface area contributed by atoms with Gasteiger partial charge in [-0.1, -0.05) is 24.3 Å². The van der Waals surface area contributed by atoms with E-state index in [4.69, 9.17) is 4.74 Å². The number of fused-ring (bicyclic) bond motifs is 1. The van der Waals surface area contributed by atoms with E-state index in [1.54, 1.807) is 42.5 Å². The van der Waals surface area contributed by atoms with Crippen LogP contribution in [0, 0.1) is 0 Å². The Morgan fingerprint density at radius 2 is 1.74 bits per heavy atom. The van der Waals surface area contributed by atoms with Crippen molar-refractivity contribution in [3.63, 3.8) is 0 Å². The van der Waals surface area contributed by atoms with Gasteiger partial charge < -0.3 is 15.0 Å². The van der Waals surface area contributed by atoms with Gasteiger partial charge >= 0.3 is 0 Å². The van der Waals surface area contributed by atoms with Crippen LogP contribution in [0.5, 0.6) is 5.75 Å². The summed E-state index contributed by atoms with van der Waals surface area (Å²) in [6, 6.07) is 22.2. The van der Waals surface area contributed by atoms with Gasteiger partial charge in [-0.2, -0.15) is 0 Å². The van der Waals surface area contributed by atoms with E-state index in [2.05, 4.69) is 11.4 Å². The summed E-state index contributed by atoms with van der Waals surface area (Å²) in [6.45, 7) is 3.16. The third-order valence-electron chi connectivity index (χ3n) is 5.40. The van der Waals surface area contributed by atoms with E-state index in [0.717, 1.165) is 24.9 Å². The van der Waals surface area contributed by atoms with E-state index < -0.39 is 0 Å². The molecule has 0 saturated heterocycles. The minimum Gasteiger partial charge on any atom is -0.494 e. The number of anilines is 2. The summed E-state index contributed by atoms with van der Waals surface area (Å²) < 4.78 is 5.46. The van der Waals surface area contributed by atoms with Gasteiger partial charge in [0, 0.05) is 29.0 Å². The Morgan fingerprint density at radius 1 is 0.935 bits per heavy atom. The van der Waals surface area contributed by atoms with Gasteiger partial charge in [0.15, 0.2) is 0 Å². The summed E-state index contributed by atoms with van der Waals surface area (Å²) in [6.07, 6.45) is 3.06. The molecule has 158 valence electrons. The Bertz CT molecular complexity index is 1080. The topological polar surface area (TPSA) is 58.6 Å². The minimum atomic E-state index is -0.220. The van der Waals surface area contributed by atoms with E-state index in [1.165, 1.54) is 5.56 Å². The average molecular weight is 415 g/mol. The lowest BCUT2D eigenvalue weighted by molar-refractivity contribution is 0.0985. The van der Waals surface area contributed by atoms with Gasteiger partial charge in [0.2, 0.25) is 0 Å². The summed E-state index contributed by atoms with van der Waals surface area (Å²) in [5.74, 6) is 0.424. The maximum atomic E-state index is 13.2. The van der Waals surface area contributed by atoms with Gasteiger partial charge in [-0.15, -0.1) is 0 Å². The summed E-state index contributed by atoms with van der Waals surface area (Å²) in [5.41, 5.74) is 3.98. The number of nitrogens with one attached hydrogen (secondary N) is 1. The molecule has 5 heteroatoms. The SMILES string of the molecule is CCOc1cccc(C(=O)Nc2ccc(C(=O)N3CCCCc4ccccc43)cc2)c1. The number of para-hydroxylation sites is 1. The molecule has 1 aliphatic rings. The molecule has 31 heavy (non-hydrogen) atoms. The van der Waals surface area contributed by atoms with E-state index in [0.29, 0.717) is 35.7 Å². The molecule has 1 N–H and O–H groups in total. The van der Waals surface area contributed by atoms with Gasteiger partial charge in [0.1, 0.15) is 5.75 Å². The Balaban J connectivity index is 1.48. The quantitative estimate of drug-likeness (QED) is 0.615. The van der Waals surface area contributed by atoms with Gasteiger partial charge in [-0.25, -0.2) is 0 Å². The van der Waals surface area contributed by atoms with Crippen LogP contribution in [0.4, 0.5) is 11.4 Å². The molecule has 0 spiro atoms. The Morgan fingerprint density at radius 3 is 2.55 bits per heavy atom. The summed E-state index contributed by atoms with van der Waals surface area (Å²) in [7, 11) is 0. The minimum absolute atomic E-state index is 0.0170. The maximum absolute atomic E-state index is 13.2. The summed E-state index contributed by atoms with van der Waals surface area (Å²) in [4.78, 5) is 27.6. The molecule has 0 atom stereocenters. The number of amides is 2. The van der Waals surface area contributed by atoms with Gasteiger partial charge in [0.25, 0.3) is 11.8 Å². The van der Waals surface area contributed by atoms with Gasteiger partial charge in [0.05, 0.1) is 6.61 Å². The Hall–Kier alpha value is -3.60. The van der Waals surface area contributed by atoms with E-state index >= 15 is 0 Å². The van der Waals surface area contributed by atoms with E-state index in [-0.39, 0.29) is 11.8 Å². The molecule has 0 bridgehead atoms. The monoisotopic (exact) mass is 414 g/mol. The van der Waals surface area contributed by atoms with Crippen molar-refractivity contribution in [2.45, 2.75) is 26.2 Å². The van der Waals surface area contributed by atoms with Crippen LogP contribution in [-0.4, -0.2) is 25.0 Å². The number of ether oxygens (including phenoxy) is 1. The predicted octanol–water partition coefficient (Wildman–Crippen LogP) is 5.32. The molecule has 2 amide bonds. The highest BCUT2D eigenvalue weighted by atomic mass is 16.5. The maximum Gasteiger partial charge on any atom is 0.258 e. The molecule has 1 heterocycles. The zero-order valence-corrected chi connectivity index (χ0v) is 17.6. The fourth-order valence-corrected chi connectivity index (χ4v) is 3.85. The van der Waals surface area contributed by atoms with Crippen molar-refractivity contribution < 1.29 is 14.3 Å². The van der Waals surface area contributed by atoms with Crippen LogP contribution in [0.25, 0.3) is 0 Å². The van der Waals surface area contributed by atoms with Crippen molar-refractivity contribution in [3.05, 3.63) is 89.5 Å². The van der Waals surface area contributed by atoms with Crippen molar-refractivity contribution in [2.75, 3.05) is 23.4 Å². The lowest BCUT2D eigenvalue weighted by Gasteiger charge is -2.23. The number of benzene rings is 3.